The van der Waals surface area contributed by atoms with Gasteiger partial charge in [-0.1, -0.05) is 17.7 Å². The van der Waals surface area contributed by atoms with Gasteiger partial charge < -0.3 is 19.5 Å². The molecule has 0 saturated carbocycles. The lowest BCUT2D eigenvalue weighted by Gasteiger charge is -2.18. The van der Waals surface area contributed by atoms with Crippen molar-refractivity contribution < 1.29 is 19.0 Å². The molecule has 1 aliphatic rings. The molecule has 5 nitrogen and oxygen atoms in total. The fourth-order valence-corrected chi connectivity index (χ4v) is 2.20. The molecule has 0 spiro atoms. The first-order chi connectivity index (χ1) is 9.85. The maximum atomic E-state index is 12.0. The highest BCUT2D eigenvalue weighted by Gasteiger charge is 2.32. The van der Waals surface area contributed by atoms with Crippen molar-refractivity contribution in [2.24, 2.45) is 0 Å². The van der Waals surface area contributed by atoms with E-state index in [1.54, 1.807) is 31.2 Å². The van der Waals surface area contributed by atoms with E-state index in [4.69, 9.17) is 25.8 Å². The summed E-state index contributed by atoms with van der Waals surface area (Å²) in [6.45, 7) is 6.24. The fraction of sp³-hybridized carbons (Fsp3) is 0.533. The van der Waals surface area contributed by atoms with Gasteiger partial charge in [0.25, 0.3) is 5.91 Å². The van der Waals surface area contributed by atoms with E-state index in [0.29, 0.717) is 23.9 Å². The van der Waals surface area contributed by atoms with Gasteiger partial charge in [-0.25, -0.2) is 0 Å². The molecule has 1 aliphatic heterocycles. The lowest BCUT2D eigenvalue weighted by atomic mass is 10.3. The molecule has 1 aromatic rings. The summed E-state index contributed by atoms with van der Waals surface area (Å²) in [5.41, 5.74) is 0. The molecular formula is C15H20ClNO4. The van der Waals surface area contributed by atoms with Gasteiger partial charge in [-0.05, 0) is 39.0 Å². The van der Waals surface area contributed by atoms with Crippen LogP contribution in [0, 0.1) is 0 Å². The number of rotatable bonds is 5. The largest absolute Gasteiger partial charge is 0.481 e. The normalized spacial score (nSPS) is 21.8. The molecule has 6 heteroatoms. The van der Waals surface area contributed by atoms with Crippen LogP contribution in [0.15, 0.2) is 24.3 Å². The molecule has 1 fully saturated rings. The predicted molar refractivity (Wildman–Crippen MR) is 79.5 cm³/mol. The molecule has 0 aromatic heterocycles. The Morgan fingerprint density at radius 3 is 2.95 bits per heavy atom. The number of halogens is 1. The topological polar surface area (TPSA) is 56.8 Å². The van der Waals surface area contributed by atoms with Gasteiger partial charge in [0.1, 0.15) is 11.9 Å². The number of hydrogen-bond acceptors (Lipinski definition) is 4. The number of carbonyl (C=O) groups excluding carboxylic acids is 1. The van der Waals surface area contributed by atoms with E-state index in [1.165, 1.54) is 0 Å². The fourth-order valence-electron chi connectivity index (χ4n) is 2.02. The highest BCUT2D eigenvalue weighted by atomic mass is 35.5. The molecule has 2 rings (SSSR count). The minimum Gasteiger partial charge on any atom is -0.481 e. The molecule has 0 bridgehead atoms. The molecule has 1 saturated heterocycles. The number of carbonyl (C=O) groups is 1. The maximum absolute atomic E-state index is 12.0. The average molecular weight is 314 g/mol. The predicted octanol–water partition coefficient (Wildman–Crippen LogP) is 2.38. The van der Waals surface area contributed by atoms with Gasteiger partial charge in [0.2, 0.25) is 0 Å². The summed E-state index contributed by atoms with van der Waals surface area (Å²) < 4.78 is 16.6. The highest BCUT2D eigenvalue weighted by Crippen LogP contribution is 2.22. The second-order valence-corrected chi connectivity index (χ2v) is 5.85. The molecule has 0 radical (unpaired) electrons. The Kier molecular flexibility index (Phi) is 5.08. The lowest BCUT2D eigenvalue weighted by Crippen LogP contribution is -2.41. The molecule has 0 unspecified atom stereocenters. The van der Waals surface area contributed by atoms with Crippen molar-refractivity contribution in [1.82, 2.24) is 5.32 Å². The first-order valence-corrected chi connectivity index (χ1v) is 7.25. The van der Waals surface area contributed by atoms with Crippen molar-refractivity contribution in [1.29, 1.82) is 0 Å². The van der Waals surface area contributed by atoms with Crippen molar-refractivity contribution in [2.45, 2.75) is 38.8 Å². The smallest absolute Gasteiger partial charge is 0.260 e. The summed E-state index contributed by atoms with van der Waals surface area (Å²) >= 11 is 5.87. The Bertz CT molecular complexity index is 506. The maximum Gasteiger partial charge on any atom is 0.260 e. The van der Waals surface area contributed by atoms with Crippen molar-refractivity contribution in [3.05, 3.63) is 29.3 Å². The third kappa shape index (κ3) is 4.88. The van der Waals surface area contributed by atoms with Crippen LogP contribution in [0.25, 0.3) is 0 Å². The van der Waals surface area contributed by atoms with Crippen molar-refractivity contribution in [3.63, 3.8) is 0 Å². The van der Waals surface area contributed by atoms with Crippen LogP contribution in [0.3, 0.4) is 0 Å². The van der Waals surface area contributed by atoms with Gasteiger partial charge >= 0.3 is 0 Å². The van der Waals surface area contributed by atoms with Gasteiger partial charge in [-0.3, -0.25) is 4.79 Å². The van der Waals surface area contributed by atoms with Crippen LogP contribution in [-0.4, -0.2) is 37.1 Å². The second-order valence-electron chi connectivity index (χ2n) is 5.41. The zero-order valence-electron chi connectivity index (χ0n) is 12.4. The lowest BCUT2D eigenvalue weighted by molar-refractivity contribution is -0.140. The summed E-state index contributed by atoms with van der Waals surface area (Å²) in [5, 5.41) is 3.36. The van der Waals surface area contributed by atoms with Crippen LogP contribution in [0.5, 0.6) is 5.75 Å². The summed E-state index contributed by atoms with van der Waals surface area (Å²) in [4.78, 5) is 12.0. The van der Waals surface area contributed by atoms with Gasteiger partial charge in [0.05, 0.1) is 6.61 Å². The van der Waals surface area contributed by atoms with E-state index in [9.17, 15) is 4.79 Å². The number of nitrogens with one attached hydrogen (secondary N) is 1. The van der Waals surface area contributed by atoms with Gasteiger partial charge in [-0.2, -0.15) is 0 Å². The zero-order chi connectivity index (χ0) is 15.5. The first-order valence-electron chi connectivity index (χ1n) is 6.87. The highest BCUT2D eigenvalue weighted by molar-refractivity contribution is 6.30. The van der Waals surface area contributed by atoms with E-state index in [-0.39, 0.29) is 12.0 Å². The minimum atomic E-state index is -0.612. The SMILES string of the molecule is C[C@H](Oc1cccc(Cl)c1)C(=O)NC[C@@H]1COC(C)(C)O1. The standard InChI is InChI=1S/C15H20ClNO4/c1-10(20-12-6-4-5-11(16)7-12)14(18)17-8-13-9-19-15(2,3)21-13/h4-7,10,13H,8-9H2,1-3H3,(H,17,18)/t10-,13+/m0/s1. The molecule has 1 amide bonds. The summed E-state index contributed by atoms with van der Waals surface area (Å²) in [5.74, 6) is -0.229. The van der Waals surface area contributed by atoms with E-state index in [1.807, 2.05) is 13.8 Å². The quantitative estimate of drug-likeness (QED) is 0.907. The summed E-state index contributed by atoms with van der Waals surface area (Å²) in [6, 6.07) is 6.94. The average Bonchev–Trinajstić information content (AvgIpc) is 2.75. The van der Waals surface area contributed by atoms with Crippen LogP contribution in [-0.2, 0) is 14.3 Å². The van der Waals surface area contributed by atoms with Crippen LogP contribution < -0.4 is 10.1 Å². The Morgan fingerprint density at radius 2 is 2.33 bits per heavy atom. The molecule has 21 heavy (non-hydrogen) atoms. The molecule has 116 valence electrons. The van der Waals surface area contributed by atoms with Crippen LogP contribution >= 0.6 is 11.6 Å². The van der Waals surface area contributed by atoms with E-state index in [2.05, 4.69) is 5.32 Å². The van der Waals surface area contributed by atoms with E-state index >= 15 is 0 Å². The molecule has 1 heterocycles. The first kappa shape index (κ1) is 16.1. The third-order valence-electron chi connectivity index (χ3n) is 3.05. The molecule has 1 N–H and O–H groups in total. The Hall–Kier alpha value is -1.30. The molecule has 0 aliphatic carbocycles. The van der Waals surface area contributed by atoms with Crippen LogP contribution in [0.2, 0.25) is 5.02 Å². The van der Waals surface area contributed by atoms with Gasteiger partial charge in [0.15, 0.2) is 11.9 Å². The van der Waals surface area contributed by atoms with Crippen molar-refractivity contribution in [3.8, 4) is 5.75 Å². The Balaban J connectivity index is 1.78. The molecule has 2 atom stereocenters. The Labute approximate surface area is 129 Å². The van der Waals surface area contributed by atoms with Crippen molar-refractivity contribution in [2.75, 3.05) is 13.2 Å². The molecular weight excluding hydrogens is 294 g/mol. The van der Waals surface area contributed by atoms with E-state index in [0.717, 1.165) is 0 Å². The number of ether oxygens (including phenoxy) is 3. The minimum absolute atomic E-state index is 0.137. The molecule has 1 aromatic carbocycles. The number of hydrogen-bond donors (Lipinski definition) is 1. The number of benzene rings is 1. The monoisotopic (exact) mass is 313 g/mol. The van der Waals surface area contributed by atoms with Crippen LogP contribution in [0.4, 0.5) is 0 Å². The Morgan fingerprint density at radius 1 is 1.57 bits per heavy atom. The van der Waals surface area contributed by atoms with Gasteiger partial charge in [0, 0.05) is 11.6 Å². The third-order valence-corrected chi connectivity index (χ3v) is 3.28. The van der Waals surface area contributed by atoms with Crippen molar-refractivity contribution >= 4 is 17.5 Å². The van der Waals surface area contributed by atoms with Gasteiger partial charge in [-0.15, -0.1) is 0 Å². The zero-order valence-corrected chi connectivity index (χ0v) is 13.1. The second kappa shape index (κ2) is 6.64. The summed E-state index contributed by atoms with van der Waals surface area (Å²) in [7, 11) is 0. The summed E-state index contributed by atoms with van der Waals surface area (Å²) in [6.07, 6.45) is -0.749. The van der Waals surface area contributed by atoms with E-state index < -0.39 is 11.9 Å². The number of amides is 1. The van der Waals surface area contributed by atoms with Crippen LogP contribution in [0.1, 0.15) is 20.8 Å².